The predicted molar refractivity (Wildman–Crippen MR) is 85.6 cm³/mol. The van der Waals surface area contributed by atoms with Gasteiger partial charge in [0.05, 0.1) is 5.69 Å². The third-order valence-corrected chi connectivity index (χ3v) is 3.24. The van der Waals surface area contributed by atoms with Crippen LogP contribution in [0, 0.1) is 0 Å². The van der Waals surface area contributed by atoms with Crippen LogP contribution >= 0.6 is 24.0 Å². The fourth-order valence-electron chi connectivity index (χ4n) is 2.18. The SMILES string of the molecule is CC(=O)OC(C)Oc1ccc(Cl)cc1N1CCNCC1.Cl. The van der Waals surface area contributed by atoms with Crippen molar-refractivity contribution in [2.45, 2.75) is 20.1 Å². The molecule has 118 valence electrons. The number of ether oxygens (including phenoxy) is 2. The van der Waals surface area contributed by atoms with Gasteiger partial charge in [-0.3, -0.25) is 4.79 Å². The lowest BCUT2D eigenvalue weighted by Crippen LogP contribution is -2.43. The molecule has 0 amide bonds. The van der Waals surface area contributed by atoms with Gasteiger partial charge in [-0.15, -0.1) is 12.4 Å². The molecule has 1 saturated heterocycles. The minimum absolute atomic E-state index is 0. The summed E-state index contributed by atoms with van der Waals surface area (Å²) >= 11 is 6.07. The zero-order valence-electron chi connectivity index (χ0n) is 12.1. The largest absolute Gasteiger partial charge is 0.453 e. The van der Waals surface area contributed by atoms with Crippen LogP contribution in [-0.2, 0) is 9.53 Å². The van der Waals surface area contributed by atoms with Gasteiger partial charge in [0, 0.05) is 45.0 Å². The Kier molecular flexibility index (Phi) is 7.08. The van der Waals surface area contributed by atoms with E-state index < -0.39 is 6.29 Å². The Balaban J connectivity index is 0.00000220. The third-order valence-electron chi connectivity index (χ3n) is 3.00. The molecule has 7 heteroatoms. The molecular weight excluding hydrogens is 315 g/mol. The van der Waals surface area contributed by atoms with E-state index in [1.807, 2.05) is 6.07 Å². The standard InChI is InChI=1S/C14H19ClN2O3.ClH/c1-10(18)19-11(2)20-14-4-3-12(15)9-13(14)17-7-5-16-6-8-17;/h3-4,9,11,16H,5-8H2,1-2H3;1H. The number of nitrogens with one attached hydrogen (secondary N) is 1. The van der Waals surface area contributed by atoms with Crippen LogP contribution in [0.2, 0.25) is 5.02 Å². The summed E-state index contributed by atoms with van der Waals surface area (Å²) in [5, 5.41) is 3.96. The minimum Gasteiger partial charge on any atom is -0.453 e. The highest BCUT2D eigenvalue weighted by Crippen LogP contribution is 2.32. The number of anilines is 1. The van der Waals surface area contributed by atoms with Crippen molar-refractivity contribution in [2.24, 2.45) is 0 Å². The van der Waals surface area contributed by atoms with E-state index in [1.54, 1.807) is 19.1 Å². The van der Waals surface area contributed by atoms with Crippen LogP contribution in [0.5, 0.6) is 5.75 Å². The highest BCUT2D eigenvalue weighted by molar-refractivity contribution is 6.30. The summed E-state index contributed by atoms with van der Waals surface area (Å²) in [6, 6.07) is 5.45. The maximum Gasteiger partial charge on any atom is 0.305 e. The van der Waals surface area contributed by atoms with E-state index in [4.69, 9.17) is 21.1 Å². The molecule has 0 radical (unpaired) electrons. The van der Waals surface area contributed by atoms with Gasteiger partial charge < -0.3 is 19.7 Å². The van der Waals surface area contributed by atoms with Gasteiger partial charge in [0.15, 0.2) is 0 Å². The molecule has 2 rings (SSSR count). The van der Waals surface area contributed by atoms with Gasteiger partial charge in [-0.2, -0.15) is 0 Å². The van der Waals surface area contributed by atoms with Crippen molar-refractivity contribution < 1.29 is 14.3 Å². The van der Waals surface area contributed by atoms with Crippen LogP contribution in [0.25, 0.3) is 0 Å². The summed E-state index contributed by atoms with van der Waals surface area (Å²) in [5.74, 6) is 0.306. The van der Waals surface area contributed by atoms with Crippen molar-refractivity contribution in [3.8, 4) is 5.75 Å². The highest BCUT2D eigenvalue weighted by Gasteiger charge is 2.17. The summed E-state index contributed by atoms with van der Waals surface area (Å²) in [7, 11) is 0. The van der Waals surface area contributed by atoms with Gasteiger partial charge in [0.25, 0.3) is 0 Å². The number of piperazine rings is 1. The van der Waals surface area contributed by atoms with Gasteiger partial charge in [-0.25, -0.2) is 0 Å². The van der Waals surface area contributed by atoms with Crippen LogP contribution in [0.15, 0.2) is 18.2 Å². The highest BCUT2D eigenvalue weighted by atomic mass is 35.5. The number of nitrogens with zero attached hydrogens (tertiary/aromatic N) is 1. The van der Waals surface area contributed by atoms with Crippen molar-refractivity contribution in [3.63, 3.8) is 0 Å². The number of carbonyl (C=O) groups is 1. The van der Waals surface area contributed by atoms with Crippen LogP contribution < -0.4 is 15.0 Å². The Morgan fingerprint density at radius 2 is 2.05 bits per heavy atom. The normalized spacial score (nSPS) is 15.9. The Hall–Kier alpha value is -1.17. The number of hydrogen-bond acceptors (Lipinski definition) is 5. The first kappa shape index (κ1) is 17.9. The number of hydrogen-bond donors (Lipinski definition) is 1. The molecule has 0 saturated carbocycles. The summed E-state index contributed by atoms with van der Waals surface area (Å²) in [4.78, 5) is 13.1. The zero-order chi connectivity index (χ0) is 14.5. The Labute approximate surface area is 135 Å². The molecule has 1 aliphatic rings. The number of esters is 1. The first-order chi connectivity index (χ1) is 9.56. The Morgan fingerprint density at radius 1 is 1.38 bits per heavy atom. The van der Waals surface area contributed by atoms with E-state index in [0.717, 1.165) is 31.9 Å². The molecule has 1 atom stereocenters. The zero-order valence-corrected chi connectivity index (χ0v) is 13.7. The van der Waals surface area contributed by atoms with Gasteiger partial charge in [-0.1, -0.05) is 11.6 Å². The van der Waals surface area contributed by atoms with E-state index in [-0.39, 0.29) is 18.4 Å². The number of benzene rings is 1. The Bertz CT molecular complexity index is 479. The molecule has 0 aromatic heterocycles. The lowest BCUT2D eigenvalue weighted by molar-refractivity contribution is -0.158. The number of rotatable bonds is 4. The van der Waals surface area contributed by atoms with Crippen molar-refractivity contribution >= 4 is 35.7 Å². The predicted octanol–water partition coefficient (Wildman–Crippen LogP) is 2.46. The second kappa shape index (κ2) is 8.32. The lowest BCUT2D eigenvalue weighted by atomic mass is 10.2. The maximum absolute atomic E-state index is 10.9. The molecule has 1 aromatic carbocycles. The van der Waals surface area contributed by atoms with Crippen LogP contribution in [-0.4, -0.2) is 38.4 Å². The molecule has 1 unspecified atom stereocenters. The van der Waals surface area contributed by atoms with Crippen LogP contribution in [0.1, 0.15) is 13.8 Å². The second-order valence-corrected chi connectivity index (χ2v) is 5.08. The number of halogens is 2. The molecular formula is C14H20Cl2N2O3. The van der Waals surface area contributed by atoms with Crippen molar-refractivity contribution in [3.05, 3.63) is 23.2 Å². The van der Waals surface area contributed by atoms with E-state index in [1.165, 1.54) is 6.92 Å². The molecule has 0 spiro atoms. The van der Waals surface area contributed by atoms with Crippen molar-refractivity contribution in [2.75, 3.05) is 31.1 Å². The fraction of sp³-hybridized carbons (Fsp3) is 0.500. The van der Waals surface area contributed by atoms with Gasteiger partial charge in [0.1, 0.15) is 5.75 Å². The first-order valence-corrected chi connectivity index (χ1v) is 7.03. The first-order valence-electron chi connectivity index (χ1n) is 6.65. The number of carbonyl (C=O) groups excluding carboxylic acids is 1. The van der Waals surface area contributed by atoms with Crippen molar-refractivity contribution in [1.82, 2.24) is 5.32 Å². The molecule has 1 aromatic rings. The Morgan fingerprint density at radius 3 is 2.67 bits per heavy atom. The molecule has 1 heterocycles. The third kappa shape index (κ3) is 5.26. The lowest BCUT2D eigenvalue weighted by Gasteiger charge is -2.31. The molecule has 0 aliphatic carbocycles. The van der Waals surface area contributed by atoms with Crippen LogP contribution in [0.3, 0.4) is 0 Å². The van der Waals surface area contributed by atoms with Gasteiger partial charge in [0.2, 0.25) is 6.29 Å². The topological polar surface area (TPSA) is 50.8 Å². The van der Waals surface area contributed by atoms with Crippen molar-refractivity contribution in [1.29, 1.82) is 0 Å². The average molecular weight is 335 g/mol. The molecule has 1 N–H and O–H groups in total. The minimum atomic E-state index is -0.629. The fourth-order valence-corrected chi connectivity index (χ4v) is 2.35. The smallest absolute Gasteiger partial charge is 0.305 e. The summed E-state index contributed by atoms with van der Waals surface area (Å²) in [5.41, 5.74) is 0.929. The van der Waals surface area contributed by atoms with Gasteiger partial charge >= 0.3 is 5.97 Å². The van der Waals surface area contributed by atoms with Gasteiger partial charge in [-0.05, 0) is 18.2 Å². The second-order valence-electron chi connectivity index (χ2n) is 4.64. The summed E-state index contributed by atoms with van der Waals surface area (Å²) in [6.45, 7) is 6.67. The average Bonchev–Trinajstić information content (AvgIpc) is 2.41. The monoisotopic (exact) mass is 334 g/mol. The van der Waals surface area contributed by atoms with E-state index in [2.05, 4.69) is 10.2 Å². The van der Waals surface area contributed by atoms with Crippen LogP contribution in [0.4, 0.5) is 5.69 Å². The van der Waals surface area contributed by atoms with E-state index >= 15 is 0 Å². The molecule has 0 bridgehead atoms. The molecule has 1 aliphatic heterocycles. The molecule has 5 nitrogen and oxygen atoms in total. The maximum atomic E-state index is 10.9. The molecule has 1 fully saturated rings. The summed E-state index contributed by atoms with van der Waals surface area (Å²) < 4.78 is 10.7. The van der Waals surface area contributed by atoms with E-state index in [0.29, 0.717) is 10.8 Å². The quantitative estimate of drug-likeness (QED) is 0.677. The molecule has 21 heavy (non-hydrogen) atoms. The summed E-state index contributed by atoms with van der Waals surface area (Å²) in [6.07, 6.45) is -0.629. The van der Waals surface area contributed by atoms with E-state index in [9.17, 15) is 4.79 Å².